The van der Waals surface area contributed by atoms with E-state index in [9.17, 15) is 14.7 Å². The fourth-order valence-corrected chi connectivity index (χ4v) is 11.1. The molecule has 3 saturated heterocycles. The van der Waals surface area contributed by atoms with Gasteiger partial charge in [-0.25, -0.2) is 4.79 Å². The van der Waals surface area contributed by atoms with Crippen molar-refractivity contribution in [1.29, 1.82) is 0 Å². The van der Waals surface area contributed by atoms with E-state index in [-0.39, 0.29) is 52.9 Å². The molecule has 192 valence electrons. The molecule has 3 saturated carbocycles. The Hall–Kier alpha value is -1.92. The van der Waals surface area contributed by atoms with Crippen molar-refractivity contribution < 1.29 is 28.9 Å². The molecule has 0 aromatic heterocycles. The van der Waals surface area contributed by atoms with Gasteiger partial charge in [0.15, 0.2) is 0 Å². The molecule has 0 aromatic carbocycles. The van der Waals surface area contributed by atoms with Gasteiger partial charge in [0, 0.05) is 28.7 Å². The Bertz CT molecular complexity index is 1240. The predicted molar refractivity (Wildman–Crippen MR) is 129 cm³/mol. The van der Waals surface area contributed by atoms with Crippen LogP contribution >= 0.6 is 0 Å². The van der Waals surface area contributed by atoms with Gasteiger partial charge in [-0.3, -0.25) is 4.79 Å². The number of carbonyl (C=O) groups excluding carboxylic acids is 2. The lowest BCUT2D eigenvalue weighted by Gasteiger charge is -2.54. The maximum Gasteiger partial charge on any atom is 0.334 e. The summed E-state index contributed by atoms with van der Waals surface area (Å²) in [5.74, 6) is -0.379. The molecule has 0 aromatic rings. The Morgan fingerprint density at radius 1 is 1.08 bits per heavy atom. The standard InChI is InChI=1S/C30H36O6/c1-14-6-11-30-20(14)23-19(8-10-27(30,5)36-30)28(25(32)35-23)12-17-13-29(28)21(15(17)2)22-18(7-9-26(29,4)33)16(3)24(31)34-22/h6,17-20,22-23,33H,3,7-13H2,1-2,4-5H3/t17-,18-,19+,20+,22-,23-,26+,27-,28+,29+,30+/m0/s1. The zero-order valence-corrected chi connectivity index (χ0v) is 21.7. The van der Waals surface area contributed by atoms with E-state index in [2.05, 4.69) is 33.4 Å². The van der Waals surface area contributed by atoms with Crippen LogP contribution in [0.25, 0.3) is 0 Å². The summed E-state index contributed by atoms with van der Waals surface area (Å²) in [5.41, 5.74) is 0.807. The Kier molecular flexibility index (Phi) is 3.71. The van der Waals surface area contributed by atoms with Crippen LogP contribution in [-0.2, 0) is 23.8 Å². The molecule has 11 atom stereocenters. The minimum absolute atomic E-state index is 0.00187. The first-order valence-corrected chi connectivity index (χ1v) is 13.9. The summed E-state index contributed by atoms with van der Waals surface area (Å²) in [6.45, 7) is 12.5. The van der Waals surface area contributed by atoms with Gasteiger partial charge in [-0.2, -0.15) is 0 Å². The second-order valence-corrected chi connectivity index (χ2v) is 13.7. The van der Waals surface area contributed by atoms with Crippen molar-refractivity contribution in [3.63, 3.8) is 0 Å². The first-order chi connectivity index (χ1) is 16.9. The minimum Gasteiger partial charge on any atom is -0.461 e. The van der Waals surface area contributed by atoms with Gasteiger partial charge in [-0.1, -0.05) is 23.8 Å². The summed E-state index contributed by atoms with van der Waals surface area (Å²) in [4.78, 5) is 27.1. The third-order valence-electron chi connectivity index (χ3n) is 12.7. The smallest absolute Gasteiger partial charge is 0.334 e. The van der Waals surface area contributed by atoms with Crippen molar-refractivity contribution in [3.8, 4) is 0 Å². The Labute approximate surface area is 212 Å². The van der Waals surface area contributed by atoms with Crippen molar-refractivity contribution in [1.82, 2.24) is 0 Å². The van der Waals surface area contributed by atoms with Crippen molar-refractivity contribution in [2.75, 3.05) is 0 Å². The molecule has 8 rings (SSSR count). The van der Waals surface area contributed by atoms with Gasteiger partial charge in [0.2, 0.25) is 0 Å². The molecule has 8 aliphatic rings. The molecular formula is C30H36O6. The lowest BCUT2D eigenvalue weighted by molar-refractivity contribution is -0.169. The molecule has 3 aliphatic heterocycles. The van der Waals surface area contributed by atoms with Gasteiger partial charge >= 0.3 is 11.9 Å². The molecule has 2 bridgehead atoms. The summed E-state index contributed by atoms with van der Waals surface area (Å²) in [7, 11) is 0. The Balaban J connectivity index is 1.34. The van der Waals surface area contributed by atoms with Crippen LogP contribution in [0.4, 0.5) is 0 Å². The highest BCUT2D eigenvalue weighted by Gasteiger charge is 2.84. The van der Waals surface area contributed by atoms with E-state index >= 15 is 0 Å². The number of epoxide rings is 1. The highest BCUT2D eigenvalue weighted by atomic mass is 16.6. The van der Waals surface area contributed by atoms with Crippen molar-refractivity contribution >= 4 is 11.9 Å². The number of hydrogen-bond acceptors (Lipinski definition) is 6. The molecule has 0 unspecified atom stereocenters. The number of hydrogen-bond donors (Lipinski definition) is 1. The van der Waals surface area contributed by atoms with E-state index in [0.29, 0.717) is 24.8 Å². The molecule has 0 radical (unpaired) electrons. The van der Waals surface area contributed by atoms with Crippen LogP contribution in [0.2, 0.25) is 0 Å². The van der Waals surface area contributed by atoms with E-state index in [4.69, 9.17) is 14.2 Å². The molecule has 6 nitrogen and oxygen atoms in total. The Morgan fingerprint density at radius 3 is 2.64 bits per heavy atom. The van der Waals surface area contributed by atoms with E-state index in [1.807, 2.05) is 6.92 Å². The van der Waals surface area contributed by atoms with Gasteiger partial charge in [0.1, 0.15) is 17.8 Å². The summed E-state index contributed by atoms with van der Waals surface area (Å²) in [5, 5.41) is 12.4. The largest absolute Gasteiger partial charge is 0.461 e. The van der Waals surface area contributed by atoms with Gasteiger partial charge < -0.3 is 19.3 Å². The third kappa shape index (κ3) is 1.98. The monoisotopic (exact) mass is 492 g/mol. The van der Waals surface area contributed by atoms with Crippen LogP contribution in [0.1, 0.15) is 72.6 Å². The SMILES string of the molecule is C=C1C(=O)O[C@@H]2C3=C(C)[C@@H]4C[C@]3([C@@]3(C4)C(=O)O[C@H]4[C@H]3CC[C@]3(C)O[C@@]35CC=C(C)[C@H]45)[C@](C)(O)CC[C@@H]12. The highest BCUT2D eigenvalue weighted by Crippen LogP contribution is 2.80. The number of esters is 2. The first-order valence-electron chi connectivity index (χ1n) is 13.9. The van der Waals surface area contributed by atoms with Gasteiger partial charge in [0.05, 0.1) is 16.6 Å². The number of aliphatic hydroxyl groups is 1. The molecule has 0 amide bonds. The quantitative estimate of drug-likeness (QED) is 0.236. The lowest BCUT2D eigenvalue weighted by Crippen LogP contribution is -2.60. The van der Waals surface area contributed by atoms with Crippen LogP contribution in [0.5, 0.6) is 0 Å². The normalized spacial score (nSPS) is 57.9. The van der Waals surface area contributed by atoms with E-state index in [1.54, 1.807) is 0 Å². The van der Waals surface area contributed by atoms with E-state index < -0.39 is 22.5 Å². The van der Waals surface area contributed by atoms with E-state index in [0.717, 1.165) is 31.3 Å². The van der Waals surface area contributed by atoms with Crippen LogP contribution in [0.15, 0.2) is 34.9 Å². The average Bonchev–Trinajstić information content (AvgIpc) is 3.21. The van der Waals surface area contributed by atoms with Crippen molar-refractivity contribution in [2.24, 2.45) is 34.5 Å². The summed E-state index contributed by atoms with van der Waals surface area (Å²) in [6, 6.07) is 0. The molecular weight excluding hydrogens is 456 g/mol. The summed E-state index contributed by atoms with van der Waals surface area (Å²) < 4.78 is 19.0. The molecule has 1 N–H and O–H groups in total. The van der Waals surface area contributed by atoms with Crippen LogP contribution in [0, 0.1) is 34.5 Å². The molecule has 6 fully saturated rings. The topological polar surface area (TPSA) is 85.4 Å². The molecule has 3 spiro atoms. The fourth-order valence-electron chi connectivity index (χ4n) is 11.1. The number of ether oxygens (including phenoxy) is 3. The summed E-state index contributed by atoms with van der Waals surface area (Å²) >= 11 is 0. The Morgan fingerprint density at radius 2 is 1.86 bits per heavy atom. The number of rotatable bonds is 0. The lowest BCUT2D eigenvalue weighted by atomic mass is 9.48. The second kappa shape index (κ2) is 6.04. The zero-order valence-electron chi connectivity index (χ0n) is 21.7. The molecule has 36 heavy (non-hydrogen) atoms. The predicted octanol–water partition coefficient (Wildman–Crippen LogP) is 4.17. The van der Waals surface area contributed by atoms with Crippen LogP contribution in [-0.4, -0.2) is 46.1 Å². The number of allylic oxidation sites excluding steroid dienone is 1. The number of carbonyl (C=O) groups is 2. The second-order valence-electron chi connectivity index (χ2n) is 13.7. The summed E-state index contributed by atoms with van der Waals surface area (Å²) in [6.07, 6.45) is 6.79. The maximum atomic E-state index is 14.4. The minimum atomic E-state index is -1.12. The van der Waals surface area contributed by atoms with Crippen LogP contribution in [0.3, 0.4) is 0 Å². The van der Waals surface area contributed by atoms with Gasteiger partial charge in [-0.05, 0) is 84.1 Å². The maximum absolute atomic E-state index is 14.4. The highest BCUT2D eigenvalue weighted by molar-refractivity contribution is 5.92. The van der Waals surface area contributed by atoms with Crippen molar-refractivity contribution in [2.45, 2.75) is 102 Å². The fraction of sp³-hybridized carbons (Fsp3) is 0.733. The molecule has 6 heteroatoms. The average molecular weight is 493 g/mol. The third-order valence-corrected chi connectivity index (χ3v) is 12.7. The van der Waals surface area contributed by atoms with Gasteiger partial charge in [0.25, 0.3) is 0 Å². The number of fused-ring (bicyclic) bond motifs is 6. The van der Waals surface area contributed by atoms with E-state index in [1.165, 1.54) is 11.1 Å². The molecule has 5 aliphatic carbocycles. The zero-order chi connectivity index (χ0) is 25.2. The molecule has 3 heterocycles. The van der Waals surface area contributed by atoms with Gasteiger partial charge in [-0.15, -0.1) is 0 Å². The van der Waals surface area contributed by atoms with Crippen LogP contribution < -0.4 is 0 Å². The first kappa shape index (κ1) is 22.1. The van der Waals surface area contributed by atoms with Crippen molar-refractivity contribution in [3.05, 3.63) is 34.9 Å².